The van der Waals surface area contributed by atoms with Crippen LogP contribution in [0.5, 0.6) is 0 Å². The van der Waals surface area contributed by atoms with Crippen molar-refractivity contribution in [2.24, 2.45) is 0 Å². The first kappa shape index (κ1) is 22.4. The molecule has 0 aliphatic heterocycles. The molecule has 0 radical (unpaired) electrons. The van der Waals surface area contributed by atoms with Gasteiger partial charge in [0.25, 0.3) is 0 Å². The van der Waals surface area contributed by atoms with Crippen LogP contribution < -0.4 is 0 Å². The summed E-state index contributed by atoms with van der Waals surface area (Å²) in [6, 6.07) is 26.9. The van der Waals surface area contributed by atoms with Crippen LogP contribution in [-0.2, 0) is 0 Å². The molecule has 0 aliphatic carbocycles. The highest BCUT2D eigenvalue weighted by Gasteiger charge is 2.14. The minimum absolute atomic E-state index is 0.563. The van der Waals surface area contributed by atoms with Gasteiger partial charge in [-0.05, 0) is 36.4 Å². The zero-order valence-corrected chi connectivity index (χ0v) is 20.3. The number of aromatic nitrogens is 11. The van der Waals surface area contributed by atoms with Crippen LogP contribution in [0.25, 0.3) is 68.6 Å². The number of hydrogen-bond acceptors (Lipinski definition) is 8. The van der Waals surface area contributed by atoms with Crippen molar-refractivity contribution in [2.75, 3.05) is 0 Å². The Morgan fingerprint density at radius 1 is 0.410 bits per heavy atom. The summed E-state index contributed by atoms with van der Waals surface area (Å²) in [7, 11) is 0. The summed E-state index contributed by atoms with van der Waals surface area (Å²) in [4.78, 5) is 22.6. The molecule has 11 heteroatoms. The summed E-state index contributed by atoms with van der Waals surface area (Å²) < 4.78 is 0. The van der Waals surface area contributed by atoms with Gasteiger partial charge < -0.3 is 0 Å². The van der Waals surface area contributed by atoms with Crippen molar-refractivity contribution in [2.45, 2.75) is 0 Å². The highest BCUT2D eigenvalue weighted by Crippen LogP contribution is 2.27. The molecule has 3 N–H and O–H groups in total. The second-order valence-electron chi connectivity index (χ2n) is 8.61. The molecular weight excluding hydrogens is 490 g/mol. The Hall–Kier alpha value is -5.84. The average molecular weight is 510 g/mol. The monoisotopic (exact) mass is 509 g/mol. The fourth-order valence-corrected chi connectivity index (χ4v) is 4.14. The minimum Gasteiger partial charge on any atom is -0.259 e. The molecule has 7 aromatic rings. The van der Waals surface area contributed by atoms with E-state index in [1.807, 2.05) is 84.9 Å². The number of pyridine rings is 2. The van der Waals surface area contributed by atoms with Crippen LogP contribution in [-0.4, -0.2) is 55.5 Å². The molecule has 0 spiro atoms. The van der Waals surface area contributed by atoms with Gasteiger partial charge in [0.2, 0.25) is 0 Å². The van der Waals surface area contributed by atoms with Gasteiger partial charge in [-0.2, -0.15) is 15.3 Å². The Kier molecular flexibility index (Phi) is 5.48. The van der Waals surface area contributed by atoms with E-state index in [4.69, 9.17) is 4.98 Å². The number of rotatable bonds is 6. The van der Waals surface area contributed by atoms with Gasteiger partial charge in [-0.3, -0.25) is 25.3 Å². The second kappa shape index (κ2) is 9.56. The van der Waals surface area contributed by atoms with Crippen molar-refractivity contribution in [3.05, 3.63) is 97.3 Å². The quantitative estimate of drug-likeness (QED) is 0.288. The molecule has 0 saturated heterocycles. The number of hydrogen-bond donors (Lipinski definition) is 3. The summed E-state index contributed by atoms with van der Waals surface area (Å²) in [6.07, 6.45) is 3.44. The van der Waals surface area contributed by atoms with Crippen LogP contribution in [0.4, 0.5) is 0 Å². The smallest absolute Gasteiger partial charge is 0.181 e. The van der Waals surface area contributed by atoms with E-state index in [0.29, 0.717) is 34.9 Å². The molecule has 5 aromatic heterocycles. The maximum Gasteiger partial charge on any atom is 0.181 e. The number of benzene rings is 2. The number of aromatic amines is 3. The fourth-order valence-electron chi connectivity index (χ4n) is 4.14. The molecule has 0 bridgehead atoms. The first-order valence-electron chi connectivity index (χ1n) is 12.1. The first-order valence-corrected chi connectivity index (χ1v) is 12.1. The standard InChI is InChI=1S/C28H19N11/c1-3-13-29-21(11-1)27-32-25(36-38-27)19-9-5-7-17(15-19)23-31-24(35-34-23)18-8-6-10-20(16-18)26-33-28(39-37-26)22-12-2-4-14-30-22/h1-16H,(H,31,34,35)(H,32,36,38)(H,33,37,39). The van der Waals surface area contributed by atoms with E-state index in [1.54, 1.807) is 12.4 Å². The van der Waals surface area contributed by atoms with Gasteiger partial charge >= 0.3 is 0 Å². The Balaban J connectivity index is 1.15. The van der Waals surface area contributed by atoms with Crippen molar-refractivity contribution in [1.29, 1.82) is 0 Å². The van der Waals surface area contributed by atoms with E-state index < -0.39 is 0 Å². The van der Waals surface area contributed by atoms with Crippen LogP contribution in [0, 0.1) is 0 Å². The molecule has 0 saturated carbocycles. The third-order valence-electron chi connectivity index (χ3n) is 6.04. The maximum absolute atomic E-state index is 4.74. The molecule has 0 atom stereocenters. The molecule has 0 amide bonds. The predicted octanol–water partition coefficient (Wildman–Crippen LogP) is 4.83. The summed E-state index contributed by atoms with van der Waals surface area (Å²) >= 11 is 0. The van der Waals surface area contributed by atoms with Crippen molar-refractivity contribution in [3.63, 3.8) is 0 Å². The third kappa shape index (κ3) is 4.44. The lowest BCUT2D eigenvalue weighted by molar-refractivity contribution is 1.09. The molecule has 11 nitrogen and oxygen atoms in total. The van der Waals surface area contributed by atoms with Crippen molar-refractivity contribution >= 4 is 0 Å². The van der Waals surface area contributed by atoms with Crippen LogP contribution in [0.3, 0.4) is 0 Å². The Labute approximate surface area is 221 Å². The predicted molar refractivity (Wildman–Crippen MR) is 144 cm³/mol. The molecule has 2 aromatic carbocycles. The normalized spacial score (nSPS) is 11.1. The summed E-state index contributed by atoms with van der Waals surface area (Å²) in [5.74, 6) is 3.55. The van der Waals surface area contributed by atoms with Gasteiger partial charge in [0, 0.05) is 34.6 Å². The van der Waals surface area contributed by atoms with Crippen LogP contribution in [0.2, 0.25) is 0 Å². The highest BCUT2D eigenvalue weighted by molar-refractivity contribution is 5.70. The van der Waals surface area contributed by atoms with Crippen LogP contribution in [0.15, 0.2) is 97.3 Å². The highest BCUT2D eigenvalue weighted by atomic mass is 15.2. The molecule has 0 unspecified atom stereocenters. The van der Waals surface area contributed by atoms with Gasteiger partial charge in [0.05, 0.1) is 0 Å². The lowest BCUT2D eigenvalue weighted by Crippen LogP contribution is -1.86. The van der Waals surface area contributed by atoms with Gasteiger partial charge in [0.1, 0.15) is 11.4 Å². The number of nitrogens with zero attached hydrogens (tertiary/aromatic N) is 8. The number of H-pyrrole nitrogens is 3. The van der Waals surface area contributed by atoms with E-state index in [0.717, 1.165) is 33.6 Å². The van der Waals surface area contributed by atoms with Gasteiger partial charge in [0.15, 0.2) is 34.9 Å². The Bertz CT molecular complexity index is 1730. The topological polar surface area (TPSA) is 150 Å². The molecule has 0 aliphatic rings. The van der Waals surface area contributed by atoms with E-state index in [9.17, 15) is 0 Å². The maximum atomic E-state index is 4.74. The average Bonchev–Trinajstić information content (AvgIpc) is 3.80. The molecule has 0 fully saturated rings. The fraction of sp³-hybridized carbons (Fsp3) is 0. The van der Waals surface area contributed by atoms with Crippen molar-refractivity contribution in [3.8, 4) is 68.6 Å². The lowest BCUT2D eigenvalue weighted by Gasteiger charge is -2.00. The van der Waals surface area contributed by atoms with Crippen molar-refractivity contribution < 1.29 is 0 Å². The number of nitrogens with one attached hydrogen (secondary N) is 3. The van der Waals surface area contributed by atoms with Crippen LogP contribution in [0.1, 0.15) is 0 Å². The molecule has 39 heavy (non-hydrogen) atoms. The lowest BCUT2D eigenvalue weighted by atomic mass is 10.1. The zero-order valence-electron chi connectivity index (χ0n) is 20.3. The summed E-state index contributed by atoms with van der Waals surface area (Å²) in [5.41, 5.74) is 4.84. The molecule has 186 valence electrons. The summed E-state index contributed by atoms with van der Waals surface area (Å²) in [5, 5.41) is 22.2. The minimum atomic E-state index is 0.563. The van der Waals surface area contributed by atoms with Gasteiger partial charge in [-0.1, -0.05) is 48.5 Å². The van der Waals surface area contributed by atoms with E-state index in [-0.39, 0.29) is 0 Å². The SMILES string of the molecule is c1ccc(-c2nc(-c3cccc(-c4n[nH]c(-c5cccc(-c6n[nH]c(-c7ccccn7)n6)c5)n4)c3)n[nH]2)nc1. The first-order chi connectivity index (χ1) is 19.3. The second-order valence-corrected chi connectivity index (χ2v) is 8.61. The third-order valence-corrected chi connectivity index (χ3v) is 6.04. The largest absolute Gasteiger partial charge is 0.259 e. The van der Waals surface area contributed by atoms with E-state index >= 15 is 0 Å². The van der Waals surface area contributed by atoms with Crippen molar-refractivity contribution in [1.82, 2.24) is 55.5 Å². The molecule has 5 heterocycles. The van der Waals surface area contributed by atoms with E-state index in [1.165, 1.54) is 0 Å². The van der Waals surface area contributed by atoms with Gasteiger partial charge in [-0.25, -0.2) is 15.0 Å². The van der Waals surface area contributed by atoms with Gasteiger partial charge in [-0.15, -0.1) is 0 Å². The zero-order chi connectivity index (χ0) is 26.0. The van der Waals surface area contributed by atoms with Crippen LogP contribution >= 0.6 is 0 Å². The molecular formula is C28H19N11. The molecule has 7 rings (SSSR count). The Morgan fingerprint density at radius 2 is 0.846 bits per heavy atom. The summed E-state index contributed by atoms with van der Waals surface area (Å²) in [6.45, 7) is 0. The Morgan fingerprint density at radius 3 is 1.33 bits per heavy atom. The van der Waals surface area contributed by atoms with E-state index in [2.05, 4.69) is 50.5 Å².